The predicted molar refractivity (Wildman–Crippen MR) is 600 cm³/mol. The lowest BCUT2D eigenvalue weighted by Crippen LogP contribution is -2.00. The number of fused-ring (bicyclic) bond motifs is 15. The average Bonchev–Trinajstić information content (AvgIpc) is 1.61. The third-order valence-corrected chi connectivity index (χ3v) is 27.5. The summed E-state index contributed by atoms with van der Waals surface area (Å²) in [5.41, 5.74) is 37.2. The number of nitrogens with zero attached hydrogens (tertiary/aromatic N) is 8. The van der Waals surface area contributed by atoms with Gasteiger partial charge in [0, 0.05) is 116 Å². The number of pyridine rings is 3. The second-order valence-electron chi connectivity index (χ2n) is 36.1. The van der Waals surface area contributed by atoms with Gasteiger partial charge in [0.15, 0.2) is 0 Å². The lowest BCUT2D eigenvalue weighted by molar-refractivity contribution is 1.13. The summed E-state index contributed by atoms with van der Waals surface area (Å²) in [6.45, 7) is 0. The molecule has 0 fully saturated rings. The van der Waals surface area contributed by atoms with Gasteiger partial charge in [-0.15, -0.1) is 0 Å². The van der Waals surface area contributed by atoms with Crippen LogP contribution in [0, 0.1) is 0 Å². The molecule has 672 valence electrons. The van der Waals surface area contributed by atoms with Crippen LogP contribution >= 0.6 is 0 Å². The lowest BCUT2D eigenvalue weighted by atomic mass is 9.97. The molecule has 8 heterocycles. The molecule has 0 saturated carbocycles. The van der Waals surface area contributed by atoms with Crippen LogP contribution in [0.2, 0.25) is 0 Å². The van der Waals surface area contributed by atoms with Crippen molar-refractivity contribution < 1.29 is 0 Å². The molecule has 0 unspecified atom stereocenters. The zero-order valence-corrected chi connectivity index (χ0v) is 78.2. The maximum Gasteiger partial charge on any atom is 0.0715 e. The molecule has 0 radical (unpaired) electrons. The van der Waals surface area contributed by atoms with Crippen molar-refractivity contribution in [1.82, 2.24) is 37.8 Å². The van der Waals surface area contributed by atoms with E-state index in [1.54, 1.807) is 0 Å². The third-order valence-electron chi connectivity index (χ3n) is 27.5. The van der Waals surface area contributed by atoms with Crippen molar-refractivity contribution in [3.63, 3.8) is 0 Å². The molecule has 20 aromatic carbocycles. The molecule has 0 aliphatic carbocycles. The van der Waals surface area contributed by atoms with E-state index in [-0.39, 0.29) is 0 Å². The van der Waals surface area contributed by atoms with E-state index >= 15 is 0 Å². The molecule has 28 rings (SSSR count). The smallest absolute Gasteiger partial charge is 0.0715 e. The predicted octanol–water partition coefficient (Wildman–Crippen LogP) is 35.4. The Morgan fingerprint density at radius 3 is 0.601 bits per heavy atom. The van der Waals surface area contributed by atoms with Gasteiger partial charge in [0.25, 0.3) is 0 Å². The zero-order chi connectivity index (χ0) is 94.9. The molecule has 8 nitrogen and oxygen atoms in total. The Bertz CT molecular complexity index is 8930. The lowest BCUT2D eigenvalue weighted by Gasteiger charge is -2.17. The highest BCUT2D eigenvalue weighted by Crippen LogP contribution is 2.44. The van der Waals surface area contributed by atoms with E-state index in [2.05, 4.69) is 520 Å². The summed E-state index contributed by atoms with van der Waals surface area (Å²) in [7, 11) is 0. The summed E-state index contributed by atoms with van der Waals surface area (Å²) >= 11 is 0. The number of para-hydroxylation sites is 10. The molecule has 8 aromatic heterocycles. The summed E-state index contributed by atoms with van der Waals surface area (Å²) in [6.07, 6.45) is 0. The van der Waals surface area contributed by atoms with E-state index in [1.165, 1.54) is 137 Å². The van der Waals surface area contributed by atoms with Gasteiger partial charge in [-0.2, -0.15) is 0 Å². The molecular formula is C135H92N8. The van der Waals surface area contributed by atoms with E-state index in [9.17, 15) is 0 Å². The SMILES string of the molecule is c1cc(-n2c3ccccc3c3ccccc32)cc(-n2c3ccccc3c3ccccc32)c1.c1ccc(-c2cc(-c3ccc(-n4c5ccccc5c5ccccc54)cc3)cc(-c3ccccc3)n2)cc1.c1ccc(-c2cccc(-c3cc(-c4cc(-n5c6ccccc6c6ccccc65)cc(-n5c6ccccc6c6ccccc65)c4)cc(-c4ccccc4)n3)c2)cc1.c1ccc(-c2cccc(-c3ccccc3)n2)cc1. The monoisotopic (exact) mass is 1820 g/mol. The largest absolute Gasteiger partial charge is 0.309 e. The van der Waals surface area contributed by atoms with Crippen LogP contribution in [0.3, 0.4) is 0 Å². The normalized spacial score (nSPS) is 11.4. The van der Waals surface area contributed by atoms with Crippen molar-refractivity contribution in [2.75, 3.05) is 0 Å². The summed E-state index contributed by atoms with van der Waals surface area (Å²) in [4.78, 5) is 15.1. The molecule has 0 spiro atoms. The van der Waals surface area contributed by atoms with E-state index in [0.29, 0.717) is 0 Å². The number of hydrogen-bond acceptors (Lipinski definition) is 3. The first-order chi connectivity index (χ1) is 70.9. The van der Waals surface area contributed by atoms with Crippen molar-refractivity contribution in [3.8, 4) is 129 Å². The maximum absolute atomic E-state index is 5.33. The van der Waals surface area contributed by atoms with Crippen molar-refractivity contribution in [3.05, 3.63) is 558 Å². The number of hydrogen-bond donors (Lipinski definition) is 0. The van der Waals surface area contributed by atoms with Gasteiger partial charge >= 0.3 is 0 Å². The molecule has 8 heteroatoms. The fourth-order valence-corrected chi connectivity index (χ4v) is 20.9. The van der Waals surface area contributed by atoms with Gasteiger partial charge in [0.1, 0.15) is 0 Å². The van der Waals surface area contributed by atoms with Gasteiger partial charge < -0.3 is 22.8 Å². The molecule has 0 amide bonds. The zero-order valence-electron chi connectivity index (χ0n) is 78.2. The number of benzene rings is 20. The van der Waals surface area contributed by atoms with Gasteiger partial charge in [-0.25, -0.2) is 15.0 Å². The minimum atomic E-state index is 0.930. The highest BCUT2D eigenvalue weighted by atomic mass is 15.0. The first-order valence-electron chi connectivity index (χ1n) is 48.7. The van der Waals surface area contributed by atoms with Crippen LogP contribution < -0.4 is 0 Å². The summed E-state index contributed by atoms with van der Waals surface area (Å²) < 4.78 is 12.0. The fourth-order valence-electron chi connectivity index (χ4n) is 20.9. The Morgan fingerprint density at radius 1 is 0.0979 bits per heavy atom. The Balaban J connectivity index is 0.000000107. The second-order valence-corrected chi connectivity index (χ2v) is 36.1. The van der Waals surface area contributed by atoms with Crippen LogP contribution in [-0.4, -0.2) is 37.8 Å². The Labute approximate surface area is 828 Å². The Kier molecular flexibility index (Phi) is 22.6. The molecule has 0 atom stereocenters. The minimum Gasteiger partial charge on any atom is -0.309 e. The molecule has 0 aliphatic rings. The molecule has 28 aromatic rings. The van der Waals surface area contributed by atoms with Gasteiger partial charge in [0.2, 0.25) is 0 Å². The molecular weight excluding hydrogens is 1730 g/mol. The van der Waals surface area contributed by atoms with Crippen LogP contribution in [0.15, 0.2) is 558 Å². The standard InChI is InChI=1S/C53H35N3.C35H24N2.C30H20N2.C17H13N/c1-3-16-36(17-4-1)38-20-15-21-39(30-38)49-34-41(33-48(54-49)37-18-5-2-6-19-37)40-31-42(55-50-26-11-7-22-44(50)45-23-8-12-27-51(45)55)35-43(32-40)56-52-28-13-9-24-46(52)47-25-10-14-29-53(47)56;1-3-11-26(12-4-1)32-23-28(24-33(36-32)27-13-5-2-6-14-27)25-19-21-29(22-20-25)37-34-17-9-7-15-30(34)31-16-8-10-18-35(31)37;1-5-16-27-23(12-1)24-13-2-6-17-28(24)31(27)21-10-9-11-22(20-21)32-29-18-7-3-14-25(29)26-15-4-8-19-30(26)32;1-3-8-14(9-4-1)16-12-7-13-17(18-16)15-10-5-2-6-11-15/h1-35H;1-24H;1-20H;1-13H. The first kappa shape index (κ1) is 85.5. The molecule has 0 N–H and O–H groups in total. The van der Waals surface area contributed by atoms with Crippen molar-refractivity contribution in [2.45, 2.75) is 0 Å². The van der Waals surface area contributed by atoms with Crippen LogP contribution in [-0.2, 0) is 0 Å². The Hall–Kier alpha value is -19.2. The first-order valence-corrected chi connectivity index (χ1v) is 48.7. The summed E-state index contributed by atoms with van der Waals surface area (Å²) in [5.74, 6) is 0. The number of rotatable bonds is 14. The maximum atomic E-state index is 5.33. The van der Waals surface area contributed by atoms with Crippen LogP contribution in [0.25, 0.3) is 238 Å². The topological polar surface area (TPSA) is 63.3 Å². The van der Waals surface area contributed by atoms with E-state index in [0.717, 1.165) is 101 Å². The van der Waals surface area contributed by atoms with Crippen molar-refractivity contribution >= 4 is 109 Å². The summed E-state index contributed by atoms with van der Waals surface area (Å²) in [6, 6.07) is 198. The summed E-state index contributed by atoms with van der Waals surface area (Å²) in [5, 5.41) is 12.6. The fraction of sp³-hybridized carbons (Fsp3) is 0. The van der Waals surface area contributed by atoms with Crippen molar-refractivity contribution in [2.24, 2.45) is 0 Å². The van der Waals surface area contributed by atoms with Gasteiger partial charge in [-0.1, -0.05) is 406 Å². The van der Waals surface area contributed by atoms with Gasteiger partial charge in [0.05, 0.1) is 89.3 Å². The van der Waals surface area contributed by atoms with E-state index < -0.39 is 0 Å². The number of aromatic nitrogens is 8. The van der Waals surface area contributed by atoms with Gasteiger partial charge in [-0.05, 0) is 185 Å². The minimum absolute atomic E-state index is 0.930. The van der Waals surface area contributed by atoms with Crippen LogP contribution in [0.4, 0.5) is 0 Å². The highest BCUT2D eigenvalue weighted by molar-refractivity contribution is 6.14. The van der Waals surface area contributed by atoms with E-state index in [4.69, 9.17) is 15.0 Å². The molecule has 0 aliphatic heterocycles. The van der Waals surface area contributed by atoms with Crippen LogP contribution in [0.5, 0.6) is 0 Å². The van der Waals surface area contributed by atoms with Gasteiger partial charge in [-0.3, -0.25) is 0 Å². The Morgan fingerprint density at radius 2 is 0.294 bits per heavy atom. The van der Waals surface area contributed by atoms with Crippen LogP contribution in [0.1, 0.15) is 0 Å². The van der Waals surface area contributed by atoms with E-state index in [1.807, 2.05) is 60.7 Å². The quantitative estimate of drug-likeness (QED) is 0.109. The second kappa shape index (κ2) is 37.7. The van der Waals surface area contributed by atoms with Crippen molar-refractivity contribution in [1.29, 1.82) is 0 Å². The average molecular weight is 1830 g/mol. The highest BCUT2D eigenvalue weighted by Gasteiger charge is 2.23. The molecule has 143 heavy (non-hydrogen) atoms. The molecule has 0 bridgehead atoms. The third kappa shape index (κ3) is 16.4. The molecule has 0 saturated heterocycles.